The number of carbonyl (C=O) groups excluding carboxylic acids is 1. The fraction of sp³-hybridized carbons (Fsp3) is 0.929. The van der Waals surface area contributed by atoms with E-state index in [9.17, 15) is 13.2 Å². The van der Waals surface area contributed by atoms with Crippen LogP contribution in [-0.2, 0) is 14.8 Å². The van der Waals surface area contributed by atoms with Crippen LogP contribution in [-0.4, -0.2) is 55.6 Å². The Kier molecular flexibility index (Phi) is 4.51. The van der Waals surface area contributed by atoms with Crippen molar-refractivity contribution in [2.45, 2.75) is 62.3 Å². The van der Waals surface area contributed by atoms with E-state index in [1.165, 1.54) is 0 Å². The van der Waals surface area contributed by atoms with Crippen LogP contribution in [0.3, 0.4) is 0 Å². The van der Waals surface area contributed by atoms with Crippen molar-refractivity contribution in [3.8, 4) is 0 Å². The zero-order valence-corrected chi connectivity index (χ0v) is 13.2. The quantitative estimate of drug-likeness (QED) is 0.777. The number of piperidine rings is 2. The lowest BCUT2D eigenvalue weighted by atomic mass is 10.0. The van der Waals surface area contributed by atoms with Gasteiger partial charge in [-0.2, -0.15) is 0 Å². The Morgan fingerprint density at radius 2 is 1.76 bits per heavy atom. The van der Waals surface area contributed by atoms with E-state index in [4.69, 9.17) is 0 Å². The van der Waals surface area contributed by atoms with E-state index in [-0.39, 0.29) is 23.2 Å². The summed E-state index contributed by atoms with van der Waals surface area (Å²) in [6, 6.07) is 0.0545. The van der Waals surface area contributed by atoms with Gasteiger partial charge in [0.05, 0.1) is 11.3 Å². The largest absolute Gasteiger partial charge is 0.352 e. The summed E-state index contributed by atoms with van der Waals surface area (Å²) < 4.78 is 25.9. The number of amides is 1. The summed E-state index contributed by atoms with van der Waals surface area (Å²) in [6.45, 7) is 2.00. The smallest absolute Gasteiger partial charge is 0.237 e. The van der Waals surface area contributed by atoms with Gasteiger partial charge in [0, 0.05) is 19.1 Å². The highest BCUT2D eigenvalue weighted by molar-refractivity contribution is 7.90. The fourth-order valence-electron chi connectivity index (χ4n) is 3.21. The molecule has 3 fully saturated rings. The van der Waals surface area contributed by atoms with Crippen LogP contribution < -0.4 is 10.6 Å². The lowest BCUT2D eigenvalue weighted by Crippen LogP contribution is -2.52. The van der Waals surface area contributed by atoms with Crippen molar-refractivity contribution in [1.82, 2.24) is 14.9 Å². The van der Waals surface area contributed by atoms with Crippen LogP contribution in [0, 0.1) is 0 Å². The van der Waals surface area contributed by atoms with Crippen LogP contribution in [0.4, 0.5) is 0 Å². The van der Waals surface area contributed by atoms with Crippen LogP contribution in [0.1, 0.15) is 44.9 Å². The average Bonchev–Trinajstić information content (AvgIpc) is 3.34. The minimum atomic E-state index is -3.05. The molecule has 1 saturated carbocycles. The molecule has 1 unspecified atom stereocenters. The van der Waals surface area contributed by atoms with E-state index in [1.807, 2.05) is 0 Å². The van der Waals surface area contributed by atoms with Gasteiger partial charge in [0.2, 0.25) is 15.9 Å². The predicted molar refractivity (Wildman–Crippen MR) is 80.3 cm³/mol. The number of rotatable bonds is 4. The summed E-state index contributed by atoms with van der Waals surface area (Å²) in [5, 5.41) is 6.20. The van der Waals surface area contributed by atoms with E-state index in [1.54, 1.807) is 4.31 Å². The highest BCUT2D eigenvalue weighted by atomic mass is 32.2. The molecule has 1 amide bonds. The number of nitrogens with zero attached hydrogens (tertiary/aromatic N) is 1. The van der Waals surface area contributed by atoms with Crippen molar-refractivity contribution >= 4 is 15.9 Å². The maximum atomic E-state index is 12.2. The van der Waals surface area contributed by atoms with Gasteiger partial charge in [0.1, 0.15) is 0 Å². The van der Waals surface area contributed by atoms with Gasteiger partial charge in [0.15, 0.2) is 0 Å². The second-order valence-corrected chi connectivity index (χ2v) is 8.64. The Hall–Kier alpha value is -0.660. The molecule has 3 aliphatic rings. The van der Waals surface area contributed by atoms with Crippen molar-refractivity contribution in [3.05, 3.63) is 0 Å². The van der Waals surface area contributed by atoms with Crippen LogP contribution >= 0.6 is 0 Å². The lowest BCUT2D eigenvalue weighted by molar-refractivity contribution is -0.124. The first-order valence-corrected chi connectivity index (χ1v) is 9.60. The van der Waals surface area contributed by atoms with Gasteiger partial charge in [-0.1, -0.05) is 6.42 Å². The summed E-state index contributed by atoms with van der Waals surface area (Å²) in [4.78, 5) is 12.2. The highest BCUT2D eigenvalue weighted by Gasteiger charge is 2.41. The number of nitrogens with one attached hydrogen (secondary N) is 2. The molecule has 2 N–H and O–H groups in total. The monoisotopic (exact) mass is 315 g/mol. The lowest BCUT2D eigenvalue weighted by Gasteiger charge is -2.33. The SMILES string of the molecule is O=C(NC1CCN(S(=O)(=O)C2CC2)CC1)C1CCCCN1. The highest BCUT2D eigenvalue weighted by Crippen LogP contribution is 2.32. The van der Waals surface area contributed by atoms with Crippen LogP contribution in [0.25, 0.3) is 0 Å². The molecule has 1 atom stereocenters. The van der Waals surface area contributed by atoms with Gasteiger partial charge in [0.25, 0.3) is 0 Å². The Bertz CT molecular complexity index is 476. The minimum absolute atomic E-state index is 0.0630. The maximum Gasteiger partial charge on any atom is 0.237 e. The molecule has 6 nitrogen and oxygen atoms in total. The Morgan fingerprint density at radius 1 is 1.05 bits per heavy atom. The second kappa shape index (κ2) is 6.22. The van der Waals surface area contributed by atoms with Gasteiger partial charge in [-0.05, 0) is 45.1 Å². The molecule has 0 aromatic rings. The molecule has 2 heterocycles. The van der Waals surface area contributed by atoms with Gasteiger partial charge < -0.3 is 10.6 Å². The van der Waals surface area contributed by atoms with Crippen LogP contribution in [0.15, 0.2) is 0 Å². The number of sulfonamides is 1. The molecule has 3 rings (SSSR count). The molecule has 0 radical (unpaired) electrons. The first-order chi connectivity index (χ1) is 10.1. The standard InChI is InChI=1S/C14H25N3O3S/c18-14(13-3-1-2-8-15-13)16-11-6-9-17(10-7-11)21(19,20)12-4-5-12/h11-13,15H,1-10H2,(H,16,18). The zero-order chi connectivity index (χ0) is 14.9. The third-order valence-corrected chi connectivity index (χ3v) is 7.13. The molecule has 2 aliphatic heterocycles. The number of hydrogen-bond donors (Lipinski definition) is 2. The minimum Gasteiger partial charge on any atom is -0.352 e. The van der Waals surface area contributed by atoms with E-state index in [0.717, 1.165) is 51.5 Å². The summed E-state index contributed by atoms with van der Waals surface area (Å²) in [6.07, 6.45) is 6.22. The molecule has 0 aromatic carbocycles. The van der Waals surface area contributed by atoms with Gasteiger partial charge >= 0.3 is 0 Å². The Labute approximate surface area is 126 Å². The van der Waals surface area contributed by atoms with Gasteiger partial charge in [-0.25, -0.2) is 12.7 Å². The summed E-state index contributed by atoms with van der Waals surface area (Å²) in [5.41, 5.74) is 0. The first-order valence-electron chi connectivity index (χ1n) is 8.10. The summed E-state index contributed by atoms with van der Waals surface area (Å²) in [5.74, 6) is 0.0817. The van der Waals surface area contributed by atoms with E-state index in [0.29, 0.717) is 13.1 Å². The molecular formula is C14H25N3O3S. The van der Waals surface area contributed by atoms with Crippen molar-refractivity contribution in [2.75, 3.05) is 19.6 Å². The molecule has 2 saturated heterocycles. The predicted octanol–water partition coefficient (Wildman–Crippen LogP) is 0.201. The number of hydrogen-bond acceptors (Lipinski definition) is 4. The van der Waals surface area contributed by atoms with Crippen LogP contribution in [0.5, 0.6) is 0 Å². The molecule has 120 valence electrons. The molecule has 0 spiro atoms. The summed E-state index contributed by atoms with van der Waals surface area (Å²) in [7, 11) is -3.05. The third kappa shape index (κ3) is 3.57. The van der Waals surface area contributed by atoms with Crippen LogP contribution in [0.2, 0.25) is 0 Å². The molecule has 7 heteroatoms. The van der Waals surface area contributed by atoms with E-state index < -0.39 is 10.0 Å². The van der Waals surface area contributed by atoms with Gasteiger partial charge in [-0.15, -0.1) is 0 Å². The fourth-order valence-corrected chi connectivity index (χ4v) is 5.08. The summed E-state index contributed by atoms with van der Waals surface area (Å²) >= 11 is 0. The van der Waals surface area contributed by atoms with Gasteiger partial charge in [-0.3, -0.25) is 4.79 Å². The van der Waals surface area contributed by atoms with E-state index >= 15 is 0 Å². The van der Waals surface area contributed by atoms with E-state index in [2.05, 4.69) is 10.6 Å². The molecule has 0 aromatic heterocycles. The normalized spacial score (nSPS) is 29.2. The maximum absolute atomic E-state index is 12.2. The van der Waals surface area contributed by atoms with Crippen molar-refractivity contribution in [3.63, 3.8) is 0 Å². The van der Waals surface area contributed by atoms with Crippen molar-refractivity contribution < 1.29 is 13.2 Å². The topological polar surface area (TPSA) is 78.5 Å². The third-order valence-electron chi connectivity index (χ3n) is 4.73. The first kappa shape index (κ1) is 15.2. The molecule has 1 aliphatic carbocycles. The zero-order valence-electron chi connectivity index (χ0n) is 12.4. The molecule has 0 bridgehead atoms. The van der Waals surface area contributed by atoms with Crippen molar-refractivity contribution in [1.29, 1.82) is 0 Å². The molecular weight excluding hydrogens is 290 g/mol. The second-order valence-electron chi connectivity index (χ2n) is 6.43. The number of carbonyl (C=O) groups is 1. The Morgan fingerprint density at radius 3 is 2.33 bits per heavy atom. The average molecular weight is 315 g/mol. The molecule has 21 heavy (non-hydrogen) atoms. The van der Waals surface area contributed by atoms with Crippen molar-refractivity contribution in [2.24, 2.45) is 0 Å². The Balaban J connectivity index is 1.46.